The molecule has 21 heavy (non-hydrogen) atoms. The van der Waals surface area contributed by atoms with E-state index in [0.29, 0.717) is 13.0 Å². The lowest BCUT2D eigenvalue weighted by Gasteiger charge is -2.17. The fraction of sp³-hybridized carbons (Fsp3) is 0.278. The average Bonchev–Trinajstić information content (AvgIpc) is 2.51. The second-order valence-corrected chi connectivity index (χ2v) is 5.26. The van der Waals surface area contributed by atoms with Gasteiger partial charge in [-0.25, -0.2) is 0 Å². The van der Waals surface area contributed by atoms with E-state index in [1.165, 1.54) is 11.1 Å². The minimum Gasteiger partial charge on any atom is -0.348 e. The van der Waals surface area contributed by atoms with Crippen molar-refractivity contribution in [1.29, 1.82) is 0 Å². The summed E-state index contributed by atoms with van der Waals surface area (Å²) in [6, 6.07) is 18.0. The molecule has 3 nitrogen and oxygen atoms in total. The standard InChI is InChI=1S/C18H22N2O/c1-14-6-5-7-15(12-14)10-11-18(21)20-17(13-19)16-8-3-2-4-9-16/h2-9,12,17H,10-11,13,19H2,1H3,(H,20,21). The number of nitrogens with two attached hydrogens (primary N) is 1. The van der Waals surface area contributed by atoms with Gasteiger partial charge in [0.25, 0.3) is 0 Å². The largest absolute Gasteiger partial charge is 0.348 e. The van der Waals surface area contributed by atoms with E-state index in [1.807, 2.05) is 36.4 Å². The lowest BCUT2D eigenvalue weighted by molar-refractivity contribution is -0.121. The van der Waals surface area contributed by atoms with Crippen LogP contribution < -0.4 is 11.1 Å². The molecule has 2 rings (SSSR count). The summed E-state index contributed by atoms with van der Waals surface area (Å²) in [6.07, 6.45) is 1.23. The molecule has 0 saturated heterocycles. The van der Waals surface area contributed by atoms with Gasteiger partial charge < -0.3 is 11.1 Å². The van der Waals surface area contributed by atoms with Gasteiger partial charge in [0.15, 0.2) is 0 Å². The fourth-order valence-corrected chi connectivity index (χ4v) is 2.36. The fourth-order valence-electron chi connectivity index (χ4n) is 2.36. The normalized spacial score (nSPS) is 11.9. The molecular formula is C18H22N2O. The number of carbonyl (C=O) groups excluding carboxylic acids is 1. The van der Waals surface area contributed by atoms with Gasteiger partial charge in [0.2, 0.25) is 5.91 Å². The number of rotatable bonds is 6. The van der Waals surface area contributed by atoms with Crippen LogP contribution in [-0.4, -0.2) is 12.5 Å². The third-order valence-electron chi connectivity index (χ3n) is 3.50. The van der Waals surface area contributed by atoms with Gasteiger partial charge in [-0.1, -0.05) is 60.2 Å². The maximum absolute atomic E-state index is 12.1. The summed E-state index contributed by atoms with van der Waals surface area (Å²) in [5, 5.41) is 3.00. The molecule has 0 fully saturated rings. The summed E-state index contributed by atoms with van der Waals surface area (Å²) < 4.78 is 0. The van der Waals surface area contributed by atoms with Crippen molar-refractivity contribution in [1.82, 2.24) is 5.32 Å². The molecule has 3 heteroatoms. The number of hydrogen-bond acceptors (Lipinski definition) is 2. The molecule has 1 unspecified atom stereocenters. The molecule has 0 heterocycles. The van der Waals surface area contributed by atoms with E-state index < -0.39 is 0 Å². The van der Waals surface area contributed by atoms with Crippen LogP contribution in [0.1, 0.15) is 29.2 Å². The van der Waals surface area contributed by atoms with E-state index >= 15 is 0 Å². The van der Waals surface area contributed by atoms with Crippen molar-refractivity contribution < 1.29 is 4.79 Å². The number of hydrogen-bond donors (Lipinski definition) is 2. The highest BCUT2D eigenvalue weighted by Gasteiger charge is 2.12. The van der Waals surface area contributed by atoms with Crippen molar-refractivity contribution in [3.8, 4) is 0 Å². The van der Waals surface area contributed by atoms with Gasteiger partial charge in [-0.05, 0) is 24.5 Å². The van der Waals surface area contributed by atoms with Crippen molar-refractivity contribution in [2.24, 2.45) is 5.73 Å². The van der Waals surface area contributed by atoms with Crippen LogP contribution in [0.15, 0.2) is 54.6 Å². The Morgan fingerprint density at radius 2 is 1.90 bits per heavy atom. The molecule has 2 aromatic carbocycles. The zero-order chi connectivity index (χ0) is 15.1. The summed E-state index contributed by atoms with van der Waals surface area (Å²) in [5.74, 6) is 0.0378. The molecule has 0 spiro atoms. The summed E-state index contributed by atoms with van der Waals surface area (Å²) >= 11 is 0. The monoisotopic (exact) mass is 282 g/mol. The summed E-state index contributed by atoms with van der Waals surface area (Å²) in [6.45, 7) is 2.46. The zero-order valence-electron chi connectivity index (χ0n) is 12.4. The Hall–Kier alpha value is -2.13. The second kappa shape index (κ2) is 7.60. The Morgan fingerprint density at radius 3 is 2.57 bits per heavy atom. The van der Waals surface area contributed by atoms with E-state index in [4.69, 9.17) is 5.73 Å². The van der Waals surface area contributed by atoms with Crippen LogP contribution in [0.3, 0.4) is 0 Å². The Kier molecular flexibility index (Phi) is 5.52. The molecule has 1 amide bonds. The maximum Gasteiger partial charge on any atom is 0.220 e. The van der Waals surface area contributed by atoms with E-state index in [0.717, 1.165) is 12.0 Å². The zero-order valence-corrected chi connectivity index (χ0v) is 12.4. The molecule has 2 aromatic rings. The van der Waals surface area contributed by atoms with Crippen molar-refractivity contribution >= 4 is 5.91 Å². The predicted molar refractivity (Wildman–Crippen MR) is 85.9 cm³/mol. The second-order valence-electron chi connectivity index (χ2n) is 5.26. The van der Waals surface area contributed by atoms with Gasteiger partial charge in [-0.15, -0.1) is 0 Å². The van der Waals surface area contributed by atoms with Crippen LogP contribution in [0.4, 0.5) is 0 Å². The first-order valence-corrected chi connectivity index (χ1v) is 7.29. The smallest absolute Gasteiger partial charge is 0.220 e. The summed E-state index contributed by atoms with van der Waals surface area (Å²) in [7, 11) is 0. The lowest BCUT2D eigenvalue weighted by atomic mass is 10.1. The molecule has 0 aliphatic rings. The molecule has 0 saturated carbocycles. The van der Waals surface area contributed by atoms with E-state index in [1.54, 1.807) is 0 Å². The van der Waals surface area contributed by atoms with Crippen molar-refractivity contribution in [3.05, 3.63) is 71.3 Å². The number of nitrogens with one attached hydrogen (secondary N) is 1. The van der Waals surface area contributed by atoms with Crippen molar-refractivity contribution in [2.45, 2.75) is 25.8 Å². The first-order chi connectivity index (χ1) is 10.2. The Bertz CT molecular complexity index is 581. The lowest BCUT2D eigenvalue weighted by Crippen LogP contribution is -2.33. The number of carbonyl (C=O) groups is 1. The van der Waals surface area contributed by atoms with Crippen molar-refractivity contribution in [3.63, 3.8) is 0 Å². The molecule has 0 radical (unpaired) electrons. The maximum atomic E-state index is 12.1. The highest BCUT2D eigenvalue weighted by atomic mass is 16.1. The Labute approximate surface area is 126 Å². The van der Waals surface area contributed by atoms with Crippen LogP contribution in [0.5, 0.6) is 0 Å². The minimum atomic E-state index is -0.115. The summed E-state index contributed by atoms with van der Waals surface area (Å²) in [5.41, 5.74) is 9.22. The van der Waals surface area contributed by atoms with Gasteiger partial charge in [-0.2, -0.15) is 0 Å². The molecule has 0 aliphatic carbocycles. The van der Waals surface area contributed by atoms with Crippen LogP contribution in [0.25, 0.3) is 0 Å². The predicted octanol–water partition coefficient (Wildman–Crippen LogP) is 2.74. The van der Waals surface area contributed by atoms with Gasteiger partial charge in [-0.3, -0.25) is 4.79 Å². The van der Waals surface area contributed by atoms with Crippen LogP contribution >= 0.6 is 0 Å². The van der Waals surface area contributed by atoms with Gasteiger partial charge in [0.05, 0.1) is 6.04 Å². The highest BCUT2D eigenvalue weighted by Crippen LogP contribution is 2.12. The third-order valence-corrected chi connectivity index (χ3v) is 3.50. The molecule has 0 aliphatic heterocycles. The molecule has 110 valence electrons. The molecule has 0 aromatic heterocycles. The summed E-state index contributed by atoms with van der Waals surface area (Å²) in [4.78, 5) is 12.1. The first-order valence-electron chi connectivity index (χ1n) is 7.29. The number of aryl methyl sites for hydroxylation is 2. The van der Waals surface area contributed by atoms with Crippen LogP contribution in [-0.2, 0) is 11.2 Å². The van der Waals surface area contributed by atoms with Crippen molar-refractivity contribution in [2.75, 3.05) is 6.54 Å². The molecule has 0 bridgehead atoms. The molecule has 3 N–H and O–H groups in total. The quantitative estimate of drug-likeness (QED) is 0.856. The van der Waals surface area contributed by atoms with E-state index in [2.05, 4.69) is 30.4 Å². The van der Waals surface area contributed by atoms with Gasteiger partial charge in [0.1, 0.15) is 0 Å². The van der Waals surface area contributed by atoms with Crippen LogP contribution in [0.2, 0.25) is 0 Å². The molecule has 1 atom stereocenters. The van der Waals surface area contributed by atoms with E-state index in [-0.39, 0.29) is 11.9 Å². The SMILES string of the molecule is Cc1cccc(CCC(=O)NC(CN)c2ccccc2)c1. The average molecular weight is 282 g/mol. The van der Waals surface area contributed by atoms with Crippen LogP contribution in [0, 0.1) is 6.92 Å². The minimum absolute atomic E-state index is 0.0378. The topological polar surface area (TPSA) is 55.1 Å². The van der Waals surface area contributed by atoms with Gasteiger partial charge in [0, 0.05) is 13.0 Å². The third kappa shape index (κ3) is 4.72. The number of benzene rings is 2. The van der Waals surface area contributed by atoms with E-state index in [9.17, 15) is 4.79 Å². The molecular weight excluding hydrogens is 260 g/mol. The highest BCUT2D eigenvalue weighted by molar-refractivity contribution is 5.76. The number of amides is 1. The first kappa shape index (κ1) is 15.3. The Morgan fingerprint density at radius 1 is 1.14 bits per heavy atom. The Balaban J connectivity index is 1.89. The van der Waals surface area contributed by atoms with Gasteiger partial charge >= 0.3 is 0 Å².